The van der Waals surface area contributed by atoms with Crippen LogP contribution in [0.3, 0.4) is 0 Å². The molecule has 3 aliphatic carbocycles. The maximum absolute atomic E-state index is 2.49. The number of hydrogen-bond donors (Lipinski definition) is 0. The number of fused-ring (bicyclic) bond motifs is 3. The predicted molar refractivity (Wildman–Crippen MR) is 37.0 cm³/mol. The first-order valence-corrected chi connectivity index (χ1v) is 4.09. The van der Waals surface area contributed by atoms with E-state index in [9.17, 15) is 0 Å². The summed E-state index contributed by atoms with van der Waals surface area (Å²) in [5.41, 5.74) is 1.83. The summed E-state index contributed by atoms with van der Waals surface area (Å²) in [7, 11) is 0. The molecule has 0 radical (unpaired) electrons. The van der Waals surface area contributed by atoms with Crippen molar-refractivity contribution >= 4 is 0 Å². The van der Waals surface area contributed by atoms with E-state index in [0.29, 0.717) is 0 Å². The molecule has 4 atom stereocenters. The monoisotopic (exact) mass is 120 g/mol. The van der Waals surface area contributed by atoms with Gasteiger partial charge in [0.2, 0.25) is 0 Å². The molecule has 48 valence electrons. The number of allylic oxidation sites excluding steroid dienone is 2. The van der Waals surface area contributed by atoms with Crippen LogP contribution in [0, 0.1) is 23.7 Å². The van der Waals surface area contributed by atoms with Gasteiger partial charge in [-0.15, -0.1) is 0 Å². The quantitative estimate of drug-likeness (QED) is 0.430. The molecule has 3 aliphatic rings. The Morgan fingerprint density at radius 2 is 2.33 bits per heavy atom. The van der Waals surface area contributed by atoms with E-state index in [-0.39, 0.29) is 0 Å². The molecule has 0 aromatic carbocycles. The Morgan fingerprint density at radius 1 is 1.44 bits per heavy atom. The van der Waals surface area contributed by atoms with E-state index in [1.807, 2.05) is 5.57 Å². The van der Waals surface area contributed by atoms with Crippen molar-refractivity contribution in [2.75, 3.05) is 0 Å². The molecule has 3 rings (SSSR count). The van der Waals surface area contributed by atoms with Gasteiger partial charge >= 0.3 is 0 Å². The summed E-state index contributed by atoms with van der Waals surface area (Å²) in [6, 6.07) is 0. The van der Waals surface area contributed by atoms with Crippen molar-refractivity contribution in [3.8, 4) is 0 Å². The fourth-order valence-electron chi connectivity index (χ4n) is 2.82. The Kier molecular flexibility index (Phi) is 0.564. The first-order chi connectivity index (χ1) is 4.38. The molecular formula is C9H12. The average molecular weight is 120 g/mol. The summed E-state index contributed by atoms with van der Waals surface area (Å²) in [6.45, 7) is 2.43. The molecule has 0 N–H and O–H groups in total. The van der Waals surface area contributed by atoms with Gasteiger partial charge in [-0.05, 0) is 30.6 Å². The van der Waals surface area contributed by atoms with Gasteiger partial charge in [-0.1, -0.05) is 18.6 Å². The summed E-state index contributed by atoms with van der Waals surface area (Å²) in [6.07, 6.45) is 5.53. The van der Waals surface area contributed by atoms with Crippen molar-refractivity contribution in [1.29, 1.82) is 0 Å². The third-order valence-electron chi connectivity index (χ3n) is 3.65. The maximum Gasteiger partial charge on any atom is 0.00113 e. The Bertz CT molecular complexity index is 190. The van der Waals surface area contributed by atoms with Crippen molar-refractivity contribution in [3.05, 3.63) is 11.6 Å². The highest BCUT2D eigenvalue weighted by molar-refractivity contribution is 5.40. The molecule has 9 heavy (non-hydrogen) atoms. The van der Waals surface area contributed by atoms with Gasteiger partial charge in [-0.25, -0.2) is 0 Å². The second kappa shape index (κ2) is 1.12. The van der Waals surface area contributed by atoms with Gasteiger partial charge in [0.25, 0.3) is 0 Å². The summed E-state index contributed by atoms with van der Waals surface area (Å²) in [4.78, 5) is 0. The van der Waals surface area contributed by atoms with Crippen molar-refractivity contribution in [1.82, 2.24) is 0 Å². The molecule has 4 unspecified atom stereocenters. The smallest absolute Gasteiger partial charge is 0.00113 e. The van der Waals surface area contributed by atoms with Crippen LogP contribution in [0.4, 0.5) is 0 Å². The van der Waals surface area contributed by atoms with E-state index in [0.717, 1.165) is 23.7 Å². The van der Waals surface area contributed by atoms with Crippen LogP contribution in [-0.2, 0) is 0 Å². The summed E-state index contributed by atoms with van der Waals surface area (Å²) >= 11 is 0. The molecule has 0 amide bonds. The molecule has 0 aliphatic heterocycles. The zero-order valence-electron chi connectivity index (χ0n) is 5.80. The molecule has 0 spiro atoms. The topological polar surface area (TPSA) is 0 Å². The third-order valence-corrected chi connectivity index (χ3v) is 3.65. The van der Waals surface area contributed by atoms with Crippen LogP contribution >= 0.6 is 0 Å². The average Bonchev–Trinajstić information content (AvgIpc) is 2.38. The molecule has 2 saturated carbocycles. The minimum absolute atomic E-state index is 0.988. The van der Waals surface area contributed by atoms with Crippen LogP contribution < -0.4 is 0 Å². The maximum atomic E-state index is 2.49. The lowest BCUT2D eigenvalue weighted by atomic mass is 9.71. The Morgan fingerprint density at radius 3 is 2.67 bits per heavy atom. The molecule has 0 aromatic rings. The normalized spacial score (nSPS) is 59.4. The van der Waals surface area contributed by atoms with E-state index >= 15 is 0 Å². The molecule has 0 aromatic heterocycles. The van der Waals surface area contributed by atoms with Crippen LogP contribution in [0.25, 0.3) is 0 Å². The largest absolute Gasteiger partial charge is 0.0770 e. The van der Waals surface area contributed by atoms with Crippen LogP contribution in [0.1, 0.15) is 19.8 Å². The van der Waals surface area contributed by atoms with Crippen LogP contribution in [0.2, 0.25) is 0 Å². The van der Waals surface area contributed by atoms with E-state index in [1.165, 1.54) is 12.8 Å². The lowest BCUT2D eigenvalue weighted by Crippen LogP contribution is -2.25. The van der Waals surface area contributed by atoms with Crippen molar-refractivity contribution in [2.24, 2.45) is 23.7 Å². The van der Waals surface area contributed by atoms with Gasteiger partial charge in [-0.3, -0.25) is 0 Å². The van der Waals surface area contributed by atoms with E-state index in [4.69, 9.17) is 0 Å². The minimum atomic E-state index is 0.988. The first kappa shape index (κ1) is 4.54. The zero-order chi connectivity index (χ0) is 6.01. The highest BCUT2D eigenvalue weighted by atomic mass is 14.6. The first-order valence-electron chi connectivity index (χ1n) is 4.09. The Labute approximate surface area is 56.0 Å². The molecule has 0 heterocycles. The van der Waals surface area contributed by atoms with Crippen LogP contribution in [-0.4, -0.2) is 0 Å². The lowest BCUT2D eigenvalue weighted by Gasteiger charge is -2.33. The molecule has 0 bridgehead atoms. The van der Waals surface area contributed by atoms with E-state index < -0.39 is 0 Å². The Balaban J connectivity index is 1.99. The van der Waals surface area contributed by atoms with E-state index in [2.05, 4.69) is 13.0 Å². The second-order valence-electron chi connectivity index (χ2n) is 3.90. The number of hydrogen-bond acceptors (Lipinski definition) is 0. The molecule has 0 saturated heterocycles. The van der Waals surface area contributed by atoms with Gasteiger partial charge in [-0.2, -0.15) is 0 Å². The summed E-state index contributed by atoms with van der Waals surface area (Å²) < 4.78 is 0. The van der Waals surface area contributed by atoms with Gasteiger partial charge < -0.3 is 0 Å². The summed E-state index contributed by atoms with van der Waals surface area (Å²) in [5.74, 6) is 4.21. The minimum Gasteiger partial charge on any atom is -0.0770 e. The fraction of sp³-hybridized carbons (Fsp3) is 0.778. The van der Waals surface area contributed by atoms with Gasteiger partial charge in [0.15, 0.2) is 0 Å². The molecule has 0 heteroatoms. The molecule has 0 nitrogen and oxygen atoms in total. The van der Waals surface area contributed by atoms with Gasteiger partial charge in [0.05, 0.1) is 0 Å². The summed E-state index contributed by atoms with van der Waals surface area (Å²) in [5, 5.41) is 0. The molecule has 2 fully saturated rings. The third kappa shape index (κ3) is 0.357. The Hall–Kier alpha value is -0.260. The van der Waals surface area contributed by atoms with E-state index in [1.54, 1.807) is 0 Å². The van der Waals surface area contributed by atoms with Crippen LogP contribution in [0.5, 0.6) is 0 Å². The van der Waals surface area contributed by atoms with Gasteiger partial charge in [0.1, 0.15) is 0 Å². The zero-order valence-corrected chi connectivity index (χ0v) is 5.80. The van der Waals surface area contributed by atoms with Crippen LogP contribution in [0.15, 0.2) is 11.6 Å². The van der Waals surface area contributed by atoms with Gasteiger partial charge in [0, 0.05) is 5.92 Å². The standard InChI is InChI=1S/C9H12/c1-5-6-2-3-7(6)9-4-8(5)9/h4-8H,2-3H2,1H3. The molecular weight excluding hydrogens is 108 g/mol. The SMILES string of the molecule is CC1C2C=C2C2CCC21. The van der Waals surface area contributed by atoms with Crippen molar-refractivity contribution < 1.29 is 0 Å². The van der Waals surface area contributed by atoms with Crippen molar-refractivity contribution in [3.63, 3.8) is 0 Å². The lowest BCUT2D eigenvalue weighted by molar-refractivity contribution is 0.185. The van der Waals surface area contributed by atoms with Crippen molar-refractivity contribution in [2.45, 2.75) is 19.8 Å². The second-order valence-corrected chi connectivity index (χ2v) is 3.90. The fourth-order valence-corrected chi connectivity index (χ4v) is 2.82. The highest BCUT2D eigenvalue weighted by Crippen LogP contribution is 2.63. The predicted octanol–water partition coefficient (Wildman–Crippen LogP) is 2.22. The number of rotatable bonds is 0. The highest BCUT2D eigenvalue weighted by Gasteiger charge is 2.54.